The summed E-state index contributed by atoms with van der Waals surface area (Å²) in [5.74, 6) is 1.60. The minimum atomic E-state index is 0.659. The zero-order valence-electron chi connectivity index (χ0n) is 16.7. The standard InChI is InChI=1S/C24H28Cl2O2/c1-3-5-7-15-27-23-17-11-9-14-20(26)22(17)24(28-16-8-6-4-2)18-12-10-13-19(25)21(18)23/h9-14H,3-8,15-16H2,1-2H3. The van der Waals surface area contributed by atoms with E-state index < -0.39 is 0 Å². The molecule has 3 aromatic rings. The number of hydrogen-bond donors (Lipinski definition) is 0. The lowest BCUT2D eigenvalue weighted by Gasteiger charge is -2.19. The second-order valence-electron chi connectivity index (χ2n) is 7.09. The Bertz CT molecular complexity index is 859. The van der Waals surface area contributed by atoms with Crippen molar-refractivity contribution in [1.29, 1.82) is 0 Å². The molecule has 0 heterocycles. The van der Waals surface area contributed by atoms with E-state index in [1.165, 1.54) is 0 Å². The Labute approximate surface area is 177 Å². The van der Waals surface area contributed by atoms with Crippen molar-refractivity contribution in [1.82, 2.24) is 0 Å². The lowest BCUT2D eigenvalue weighted by atomic mass is 10.00. The maximum absolute atomic E-state index is 6.63. The summed E-state index contributed by atoms with van der Waals surface area (Å²) in [6.07, 6.45) is 6.62. The fourth-order valence-electron chi connectivity index (χ4n) is 3.51. The third-order valence-corrected chi connectivity index (χ3v) is 5.59. The number of fused-ring (bicyclic) bond motifs is 2. The first kappa shape index (κ1) is 21.1. The zero-order chi connectivity index (χ0) is 19.9. The van der Waals surface area contributed by atoms with Gasteiger partial charge in [-0.1, -0.05) is 87.0 Å². The molecule has 0 spiro atoms. The Kier molecular flexibility index (Phi) is 7.70. The van der Waals surface area contributed by atoms with E-state index in [2.05, 4.69) is 13.8 Å². The molecule has 0 atom stereocenters. The van der Waals surface area contributed by atoms with Crippen LogP contribution in [0, 0.1) is 0 Å². The van der Waals surface area contributed by atoms with Crippen LogP contribution in [0.25, 0.3) is 21.5 Å². The van der Waals surface area contributed by atoms with Crippen molar-refractivity contribution in [3.8, 4) is 11.5 Å². The van der Waals surface area contributed by atoms with Gasteiger partial charge in [0.2, 0.25) is 0 Å². The predicted molar refractivity (Wildman–Crippen MR) is 122 cm³/mol. The van der Waals surface area contributed by atoms with Crippen molar-refractivity contribution < 1.29 is 9.47 Å². The smallest absolute Gasteiger partial charge is 0.136 e. The fourth-order valence-corrected chi connectivity index (χ4v) is 4.03. The highest BCUT2D eigenvalue weighted by molar-refractivity contribution is 6.40. The van der Waals surface area contributed by atoms with Gasteiger partial charge in [-0.2, -0.15) is 0 Å². The quantitative estimate of drug-likeness (QED) is 0.242. The van der Waals surface area contributed by atoms with Gasteiger partial charge in [0.1, 0.15) is 11.5 Å². The third-order valence-electron chi connectivity index (χ3n) is 4.96. The molecule has 0 amide bonds. The van der Waals surface area contributed by atoms with Gasteiger partial charge in [-0.05, 0) is 25.0 Å². The highest BCUT2D eigenvalue weighted by Gasteiger charge is 2.20. The summed E-state index contributed by atoms with van der Waals surface area (Å²) >= 11 is 13.3. The van der Waals surface area contributed by atoms with Crippen LogP contribution in [0.1, 0.15) is 52.4 Å². The van der Waals surface area contributed by atoms with Gasteiger partial charge >= 0.3 is 0 Å². The lowest BCUT2D eigenvalue weighted by molar-refractivity contribution is 0.308. The average molecular weight is 419 g/mol. The third kappa shape index (κ3) is 4.50. The lowest BCUT2D eigenvalue weighted by Crippen LogP contribution is -2.02. The summed E-state index contributed by atoms with van der Waals surface area (Å²) in [5, 5.41) is 5.05. The number of halogens is 2. The first-order chi connectivity index (χ1) is 13.7. The molecule has 0 aliphatic heterocycles. The van der Waals surface area contributed by atoms with Gasteiger partial charge in [0, 0.05) is 21.5 Å². The molecule has 0 saturated carbocycles. The van der Waals surface area contributed by atoms with Crippen molar-refractivity contribution in [2.24, 2.45) is 0 Å². The Hall–Kier alpha value is -1.64. The maximum Gasteiger partial charge on any atom is 0.136 e. The van der Waals surface area contributed by atoms with Crippen LogP contribution < -0.4 is 9.47 Å². The molecule has 3 rings (SSSR count). The number of benzene rings is 3. The largest absolute Gasteiger partial charge is 0.492 e. The van der Waals surface area contributed by atoms with Gasteiger partial charge in [-0.25, -0.2) is 0 Å². The highest BCUT2D eigenvalue weighted by Crippen LogP contribution is 2.47. The normalized spacial score (nSPS) is 11.3. The molecule has 0 aliphatic rings. The highest BCUT2D eigenvalue weighted by atomic mass is 35.5. The van der Waals surface area contributed by atoms with E-state index >= 15 is 0 Å². The van der Waals surface area contributed by atoms with E-state index in [0.29, 0.717) is 23.3 Å². The van der Waals surface area contributed by atoms with E-state index in [0.717, 1.165) is 71.6 Å². The van der Waals surface area contributed by atoms with Crippen LogP contribution in [0.3, 0.4) is 0 Å². The van der Waals surface area contributed by atoms with Crippen LogP contribution >= 0.6 is 23.2 Å². The SMILES string of the molecule is CCCCCOc1c2cccc(Cl)c2c(OCCCCC)c2cccc(Cl)c12. The molecule has 4 heteroatoms. The van der Waals surface area contributed by atoms with Crippen molar-refractivity contribution >= 4 is 44.7 Å². The average Bonchev–Trinajstić information content (AvgIpc) is 2.69. The van der Waals surface area contributed by atoms with Crippen LogP contribution in [0.2, 0.25) is 10.0 Å². The number of rotatable bonds is 10. The molecule has 0 aliphatic carbocycles. The topological polar surface area (TPSA) is 18.5 Å². The van der Waals surface area contributed by atoms with Gasteiger partial charge in [0.25, 0.3) is 0 Å². The Morgan fingerprint density at radius 3 is 1.46 bits per heavy atom. The van der Waals surface area contributed by atoms with Crippen LogP contribution in [0.5, 0.6) is 11.5 Å². The van der Waals surface area contributed by atoms with Gasteiger partial charge in [-0.15, -0.1) is 0 Å². The van der Waals surface area contributed by atoms with E-state index in [9.17, 15) is 0 Å². The van der Waals surface area contributed by atoms with E-state index in [1.54, 1.807) is 0 Å². The van der Waals surface area contributed by atoms with Crippen molar-refractivity contribution in [3.63, 3.8) is 0 Å². The Balaban J connectivity index is 2.16. The molecule has 0 bridgehead atoms. The Morgan fingerprint density at radius 1 is 0.643 bits per heavy atom. The summed E-state index contributed by atoms with van der Waals surface area (Å²) in [4.78, 5) is 0. The molecule has 0 radical (unpaired) electrons. The van der Waals surface area contributed by atoms with E-state index in [1.807, 2.05) is 36.4 Å². The zero-order valence-corrected chi connectivity index (χ0v) is 18.2. The van der Waals surface area contributed by atoms with Crippen molar-refractivity contribution in [2.45, 2.75) is 52.4 Å². The second kappa shape index (κ2) is 10.2. The molecular formula is C24H28Cl2O2. The molecule has 150 valence electrons. The summed E-state index contributed by atoms with van der Waals surface area (Å²) in [7, 11) is 0. The maximum atomic E-state index is 6.63. The van der Waals surface area contributed by atoms with Crippen molar-refractivity contribution in [3.05, 3.63) is 46.4 Å². The molecule has 0 saturated heterocycles. The first-order valence-electron chi connectivity index (χ1n) is 10.3. The molecule has 0 N–H and O–H groups in total. The minimum Gasteiger partial charge on any atom is -0.492 e. The fraction of sp³-hybridized carbons (Fsp3) is 0.417. The molecular weight excluding hydrogens is 391 g/mol. The van der Waals surface area contributed by atoms with Crippen LogP contribution in [-0.4, -0.2) is 13.2 Å². The summed E-state index contributed by atoms with van der Waals surface area (Å²) < 4.78 is 12.5. The first-order valence-corrected chi connectivity index (χ1v) is 11.0. The summed E-state index contributed by atoms with van der Waals surface area (Å²) in [6, 6.07) is 11.8. The molecule has 0 fully saturated rings. The summed E-state index contributed by atoms with van der Waals surface area (Å²) in [5.41, 5.74) is 0. The minimum absolute atomic E-state index is 0.659. The second-order valence-corrected chi connectivity index (χ2v) is 7.91. The van der Waals surface area contributed by atoms with E-state index in [-0.39, 0.29) is 0 Å². The number of unbranched alkanes of at least 4 members (excludes halogenated alkanes) is 4. The predicted octanol–water partition coefficient (Wildman–Crippen LogP) is 8.44. The van der Waals surface area contributed by atoms with Gasteiger partial charge in [0.05, 0.1) is 23.3 Å². The molecule has 0 aromatic heterocycles. The monoisotopic (exact) mass is 418 g/mol. The van der Waals surface area contributed by atoms with Crippen LogP contribution in [0.15, 0.2) is 36.4 Å². The summed E-state index contributed by atoms with van der Waals surface area (Å²) in [6.45, 7) is 5.69. The molecule has 28 heavy (non-hydrogen) atoms. The number of ether oxygens (including phenoxy) is 2. The van der Waals surface area contributed by atoms with Gasteiger partial charge < -0.3 is 9.47 Å². The molecule has 0 unspecified atom stereocenters. The van der Waals surface area contributed by atoms with Crippen LogP contribution in [-0.2, 0) is 0 Å². The van der Waals surface area contributed by atoms with Crippen LogP contribution in [0.4, 0.5) is 0 Å². The Morgan fingerprint density at radius 2 is 1.07 bits per heavy atom. The van der Waals surface area contributed by atoms with Gasteiger partial charge in [0.15, 0.2) is 0 Å². The molecule has 3 aromatic carbocycles. The van der Waals surface area contributed by atoms with E-state index in [4.69, 9.17) is 32.7 Å². The van der Waals surface area contributed by atoms with Crippen molar-refractivity contribution in [2.75, 3.05) is 13.2 Å². The molecule has 2 nitrogen and oxygen atoms in total. The number of hydrogen-bond acceptors (Lipinski definition) is 2. The van der Waals surface area contributed by atoms with Gasteiger partial charge in [-0.3, -0.25) is 0 Å².